The molecule has 0 fully saturated rings. The first kappa shape index (κ1) is 12.2. The van der Waals surface area contributed by atoms with Gasteiger partial charge >= 0.3 is 0 Å². The van der Waals surface area contributed by atoms with Crippen molar-refractivity contribution in [1.82, 2.24) is 5.32 Å². The fourth-order valence-electron chi connectivity index (χ4n) is 1.18. The molecule has 5 nitrogen and oxygen atoms in total. The van der Waals surface area contributed by atoms with Gasteiger partial charge in [-0.1, -0.05) is 0 Å². The first-order chi connectivity index (χ1) is 7.67. The molecule has 0 saturated heterocycles. The lowest BCUT2D eigenvalue weighted by molar-refractivity contribution is -0.114. The molecule has 1 aromatic carbocycles. The zero-order chi connectivity index (χ0) is 12.0. The Morgan fingerprint density at radius 3 is 2.38 bits per heavy atom. The smallest absolute Gasteiger partial charge is 0.251 e. The van der Waals surface area contributed by atoms with Gasteiger partial charge in [0.15, 0.2) is 0 Å². The SMILES string of the molecule is CCNC(=O)c1ccc(NC(=O)CN)cc1. The Kier molecular flexibility index (Phi) is 4.47. The van der Waals surface area contributed by atoms with E-state index in [9.17, 15) is 9.59 Å². The van der Waals surface area contributed by atoms with Gasteiger partial charge in [-0.15, -0.1) is 0 Å². The topological polar surface area (TPSA) is 84.2 Å². The maximum Gasteiger partial charge on any atom is 0.251 e. The lowest BCUT2D eigenvalue weighted by atomic mass is 10.2. The van der Waals surface area contributed by atoms with E-state index in [1.807, 2.05) is 6.92 Å². The van der Waals surface area contributed by atoms with Crippen LogP contribution in [0.15, 0.2) is 24.3 Å². The summed E-state index contributed by atoms with van der Waals surface area (Å²) in [5.41, 5.74) is 6.35. The monoisotopic (exact) mass is 221 g/mol. The number of hydrogen-bond acceptors (Lipinski definition) is 3. The van der Waals surface area contributed by atoms with Crippen LogP contribution in [0.3, 0.4) is 0 Å². The van der Waals surface area contributed by atoms with Crippen molar-refractivity contribution in [2.45, 2.75) is 6.92 Å². The highest BCUT2D eigenvalue weighted by Crippen LogP contribution is 2.09. The van der Waals surface area contributed by atoms with Crippen LogP contribution in [-0.2, 0) is 4.79 Å². The summed E-state index contributed by atoms with van der Waals surface area (Å²) in [4.78, 5) is 22.4. The number of carbonyl (C=O) groups excluding carboxylic acids is 2. The number of anilines is 1. The van der Waals surface area contributed by atoms with Gasteiger partial charge in [-0.3, -0.25) is 9.59 Å². The number of rotatable bonds is 4. The molecule has 16 heavy (non-hydrogen) atoms. The van der Waals surface area contributed by atoms with Crippen LogP contribution >= 0.6 is 0 Å². The Bertz CT molecular complexity index is 373. The van der Waals surface area contributed by atoms with E-state index in [0.717, 1.165) is 0 Å². The predicted molar refractivity (Wildman–Crippen MR) is 62.1 cm³/mol. The van der Waals surface area contributed by atoms with Crippen molar-refractivity contribution in [3.8, 4) is 0 Å². The molecule has 0 aliphatic heterocycles. The highest BCUT2D eigenvalue weighted by Gasteiger charge is 2.04. The molecule has 0 heterocycles. The van der Waals surface area contributed by atoms with Crippen molar-refractivity contribution < 1.29 is 9.59 Å². The molecule has 0 aromatic heterocycles. The minimum Gasteiger partial charge on any atom is -0.352 e. The van der Waals surface area contributed by atoms with E-state index in [4.69, 9.17) is 5.73 Å². The highest BCUT2D eigenvalue weighted by atomic mass is 16.2. The second kappa shape index (κ2) is 5.87. The summed E-state index contributed by atoms with van der Waals surface area (Å²) < 4.78 is 0. The normalized spacial score (nSPS) is 9.62. The molecule has 0 unspecified atom stereocenters. The van der Waals surface area contributed by atoms with Gasteiger partial charge in [0.2, 0.25) is 5.91 Å². The zero-order valence-corrected chi connectivity index (χ0v) is 9.12. The Morgan fingerprint density at radius 2 is 1.88 bits per heavy atom. The molecule has 0 saturated carbocycles. The summed E-state index contributed by atoms with van der Waals surface area (Å²) in [6.07, 6.45) is 0. The molecule has 0 aliphatic rings. The van der Waals surface area contributed by atoms with Crippen LogP contribution in [0, 0.1) is 0 Å². The van der Waals surface area contributed by atoms with E-state index >= 15 is 0 Å². The Balaban J connectivity index is 2.67. The van der Waals surface area contributed by atoms with Crippen molar-refractivity contribution in [1.29, 1.82) is 0 Å². The van der Waals surface area contributed by atoms with Crippen molar-refractivity contribution in [2.24, 2.45) is 5.73 Å². The molecule has 0 atom stereocenters. The molecule has 0 bridgehead atoms. The van der Waals surface area contributed by atoms with Gasteiger partial charge in [-0.2, -0.15) is 0 Å². The average Bonchev–Trinajstić information content (AvgIpc) is 2.30. The standard InChI is InChI=1S/C11H15N3O2/c1-2-13-11(16)8-3-5-9(6-4-8)14-10(15)7-12/h3-6H,2,7,12H2,1H3,(H,13,16)(H,14,15). The third kappa shape index (κ3) is 3.36. The van der Waals surface area contributed by atoms with E-state index in [1.165, 1.54) is 0 Å². The van der Waals surface area contributed by atoms with Gasteiger partial charge in [0.1, 0.15) is 0 Å². The number of nitrogens with one attached hydrogen (secondary N) is 2. The van der Waals surface area contributed by atoms with Crippen molar-refractivity contribution >= 4 is 17.5 Å². The lowest BCUT2D eigenvalue weighted by Crippen LogP contribution is -2.23. The summed E-state index contributed by atoms with van der Waals surface area (Å²) in [5.74, 6) is -0.384. The fraction of sp³-hybridized carbons (Fsp3) is 0.273. The molecule has 0 radical (unpaired) electrons. The summed E-state index contributed by atoms with van der Waals surface area (Å²) >= 11 is 0. The van der Waals surface area contributed by atoms with E-state index in [-0.39, 0.29) is 18.4 Å². The number of nitrogens with two attached hydrogens (primary N) is 1. The van der Waals surface area contributed by atoms with Crippen LogP contribution in [0.2, 0.25) is 0 Å². The van der Waals surface area contributed by atoms with Crippen molar-refractivity contribution in [3.05, 3.63) is 29.8 Å². The third-order valence-corrected chi connectivity index (χ3v) is 1.95. The summed E-state index contributed by atoms with van der Waals surface area (Å²) in [6, 6.07) is 6.63. The maximum absolute atomic E-state index is 11.4. The molecular formula is C11H15N3O2. The molecule has 2 amide bonds. The van der Waals surface area contributed by atoms with Gasteiger partial charge in [0.05, 0.1) is 6.54 Å². The first-order valence-corrected chi connectivity index (χ1v) is 5.05. The van der Waals surface area contributed by atoms with E-state index in [0.29, 0.717) is 17.8 Å². The molecule has 1 aromatic rings. The average molecular weight is 221 g/mol. The number of hydrogen-bond donors (Lipinski definition) is 3. The van der Waals surface area contributed by atoms with Gasteiger partial charge in [-0.05, 0) is 31.2 Å². The van der Waals surface area contributed by atoms with Gasteiger partial charge < -0.3 is 16.4 Å². The Hall–Kier alpha value is -1.88. The zero-order valence-electron chi connectivity index (χ0n) is 9.12. The molecule has 0 spiro atoms. The second-order valence-electron chi connectivity index (χ2n) is 3.19. The summed E-state index contributed by atoms with van der Waals surface area (Å²) in [6.45, 7) is 2.39. The predicted octanol–water partition coefficient (Wildman–Crippen LogP) is 0.334. The fourth-order valence-corrected chi connectivity index (χ4v) is 1.18. The van der Waals surface area contributed by atoms with Crippen molar-refractivity contribution in [2.75, 3.05) is 18.4 Å². The van der Waals surface area contributed by atoms with E-state index < -0.39 is 0 Å². The Morgan fingerprint density at radius 1 is 1.25 bits per heavy atom. The van der Waals surface area contributed by atoms with Crippen LogP contribution in [0.4, 0.5) is 5.69 Å². The van der Waals surface area contributed by atoms with E-state index in [2.05, 4.69) is 10.6 Å². The van der Waals surface area contributed by atoms with Crippen LogP contribution in [0.5, 0.6) is 0 Å². The quantitative estimate of drug-likeness (QED) is 0.685. The van der Waals surface area contributed by atoms with Crippen LogP contribution in [0.25, 0.3) is 0 Å². The Labute approximate surface area is 94.0 Å². The highest BCUT2D eigenvalue weighted by molar-refractivity contribution is 5.96. The van der Waals surface area contributed by atoms with Gasteiger partial charge in [0.25, 0.3) is 5.91 Å². The molecule has 0 aliphatic carbocycles. The van der Waals surface area contributed by atoms with Gasteiger partial charge in [-0.25, -0.2) is 0 Å². The minimum atomic E-state index is -0.259. The van der Waals surface area contributed by atoms with Gasteiger partial charge in [0, 0.05) is 17.8 Å². The maximum atomic E-state index is 11.4. The van der Waals surface area contributed by atoms with Crippen molar-refractivity contribution in [3.63, 3.8) is 0 Å². The summed E-state index contributed by atoms with van der Waals surface area (Å²) in [5, 5.41) is 5.28. The lowest BCUT2D eigenvalue weighted by Gasteiger charge is -2.05. The van der Waals surface area contributed by atoms with Crippen LogP contribution in [0.1, 0.15) is 17.3 Å². The third-order valence-electron chi connectivity index (χ3n) is 1.95. The van der Waals surface area contributed by atoms with Crippen LogP contribution in [-0.4, -0.2) is 24.9 Å². The first-order valence-electron chi connectivity index (χ1n) is 5.05. The molecule has 4 N–H and O–H groups in total. The summed E-state index contributed by atoms with van der Waals surface area (Å²) in [7, 11) is 0. The largest absolute Gasteiger partial charge is 0.352 e. The molecular weight excluding hydrogens is 206 g/mol. The minimum absolute atomic E-state index is 0.0575. The molecule has 1 rings (SSSR count). The van der Waals surface area contributed by atoms with Crippen LogP contribution < -0.4 is 16.4 Å². The van der Waals surface area contributed by atoms with E-state index in [1.54, 1.807) is 24.3 Å². The second-order valence-corrected chi connectivity index (χ2v) is 3.19. The number of amides is 2. The number of benzene rings is 1. The molecule has 86 valence electrons. The number of carbonyl (C=O) groups is 2. The molecule has 5 heteroatoms.